The highest BCUT2D eigenvalue weighted by atomic mass is 32.1. The van der Waals surface area contributed by atoms with Crippen LogP contribution in [0.1, 0.15) is 9.75 Å². The Morgan fingerprint density at radius 1 is 1.00 bits per heavy atom. The summed E-state index contributed by atoms with van der Waals surface area (Å²) in [5, 5.41) is 13.6. The van der Waals surface area contributed by atoms with E-state index in [0.717, 1.165) is 20.9 Å². The van der Waals surface area contributed by atoms with E-state index in [1.165, 1.54) is 0 Å². The number of carbonyl (C=O) groups is 1. The molecular formula is C17H12BO2S2. The van der Waals surface area contributed by atoms with Crippen LogP contribution in [0, 0.1) is 0 Å². The predicted octanol–water partition coefficient (Wildman–Crippen LogP) is 4.48. The molecule has 2 nitrogen and oxygen atoms in total. The summed E-state index contributed by atoms with van der Waals surface area (Å²) in [6.45, 7) is 0. The summed E-state index contributed by atoms with van der Waals surface area (Å²) in [5.41, 5.74) is 2.01. The number of carboxylic acid groups (broad SMARTS) is 1. The molecule has 22 heavy (non-hydrogen) atoms. The molecule has 0 aromatic carbocycles. The van der Waals surface area contributed by atoms with Gasteiger partial charge in [0.2, 0.25) is 0 Å². The molecule has 0 spiro atoms. The molecule has 3 rings (SSSR count). The van der Waals surface area contributed by atoms with E-state index in [2.05, 4.69) is 0 Å². The highest BCUT2D eigenvalue weighted by molar-refractivity contribution is 7.12. The summed E-state index contributed by atoms with van der Waals surface area (Å²) < 4.78 is 0. The van der Waals surface area contributed by atoms with Crippen molar-refractivity contribution in [2.75, 3.05) is 0 Å². The van der Waals surface area contributed by atoms with E-state index in [-0.39, 0.29) is 0 Å². The number of aliphatic carboxylic acids is 1. The Morgan fingerprint density at radius 3 is 2.36 bits per heavy atom. The van der Waals surface area contributed by atoms with E-state index in [4.69, 9.17) is 0 Å². The van der Waals surface area contributed by atoms with Crippen LogP contribution in [0.3, 0.4) is 0 Å². The zero-order valence-electron chi connectivity index (χ0n) is 11.6. The van der Waals surface area contributed by atoms with Gasteiger partial charge in [0.15, 0.2) is 7.28 Å². The van der Waals surface area contributed by atoms with Crippen LogP contribution >= 0.6 is 22.7 Å². The second-order valence-electron chi connectivity index (χ2n) is 4.57. The van der Waals surface area contributed by atoms with E-state index in [0.29, 0.717) is 5.47 Å². The Balaban J connectivity index is 2.28. The van der Waals surface area contributed by atoms with Gasteiger partial charge in [-0.05, 0) is 28.5 Å². The molecule has 1 aliphatic rings. The van der Waals surface area contributed by atoms with Gasteiger partial charge in [0.25, 0.3) is 0 Å². The van der Waals surface area contributed by atoms with Crippen LogP contribution in [-0.4, -0.2) is 18.4 Å². The molecule has 107 valence electrons. The van der Waals surface area contributed by atoms with Gasteiger partial charge >= 0.3 is 5.97 Å². The number of allylic oxidation sites excluding steroid dienone is 6. The second-order valence-corrected chi connectivity index (χ2v) is 6.46. The van der Waals surface area contributed by atoms with Crippen molar-refractivity contribution in [2.24, 2.45) is 0 Å². The lowest BCUT2D eigenvalue weighted by atomic mass is 9.66. The summed E-state index contributed by atoms with van der Waals surface area (Å²) in [7, 11) is 1.66. The van der Waals surface area contributed by atoms with Crippen molar-refractivity contribution in [3.8, 4) is 0 Å². The summed E-state index contributed by atoms with van der Waals surface area (Å²) in [4.78, 5) is 13.8. The van der Waals surface area contributed by atoms with Gasteiger partial charge in [-0.2, -0.15) is 0 Å². The molecule has 0 saturated carbocycles. The molecule has 2 aromatic heterocycles. The first-order valence-corrected chi connectivity index (χ1v) is 8.47. The highest BCUT2D eigenvalue weighted by Gasteiger charge is 2.21. The standard InChI is InChI=1S/C17H12BO2S2/c19-17(20)16-15(14-8-5-11-22-14)12(13-7-4-10-21-13)6-2-1-3-9-18-16/h1-11H,(H,19,20)/b2-1-,9-3-,12-6-,16-15+. The Hall–Kier alpha value is -2.11. The Labute approximate surface area is 137 Å². The van der Waals surface area contributed by atoms with E-state index in [1.807, 2.05) is 59.3 Å². The average molecular weight is 323 g/mol. The molecule has 2 aromatic rings. The predicted molar refractivity (Wildman–Crippen MR) is 95.2 cm³/mol. The molecule has 1 radical (unpaired) electrons. The quantitative estimate of drug-likeness (QED) is 0.846. The van der Waals surface area contributed by atoms with Crippen LogP contribution in [0.4, 0.5) is 0 Å². The van der Waals surface area contributed by atoms with Crippen molar-refractivity contribution in [3.63, 3.8) is 0 Å². The third-order valence-electron chi connectivity index (χ3n) is 3.18. The zero-order chi connectivity index (χ0) is 15.4. The summed E-state index contributed by atoms with van der Waals surface area (Å²) in [5.74, 6) is 0.844. The molecule has 0 unspecified atom stereocenters. The minimum absolute atomic E-state index is 0.307. The van der Waals surface area contributed by atoms with Gasteiger partial charge in [-0.3, -0.25) is 0 Å². The van der Waals surface area contributed by atoms with Gasteiger partial charge in [0, 0.05) is 20.8 Å². The van der Waals surface area contributed by atoms with Gasteiger partial charge in [-0.25, -0.2) is 4.79 Å². The molecular weight excluding hydrogens is 311 g/mol. The fraction of sp³-hybridized carbons (Fsp3) is 0. The van der Waals surface area contributed by atoms with Crippen molar-refractivity contribution >= 4 is 47.1 Å². The number of hydrogen-bond acceptors (Lipinski definition) is 3. The normalized spacial score (nSPS) is 23.4. The van der Waals surface area contributed by atoms with Gasteiger partial charge in [0.05, 0.1) is 0 Å². The number of thiophene rings is 2. The maximum Gasteiger partial charge on any atom is 0.322 e. The van der Waals surface area contributed by atoms with Crippen molar-refractivity contribution in [1.82, 2.24) is 0 Å². The van der Waals surface area contributed by atoms with Crippen LogP contribution in [-0.2, 0) is 4.79 Å². The summed E-state index contributed by atoms with van der Waals surface area (Å²) in [6, 6.07) is 7.90. The number of rotatable bonds is 3. The van der Waals surface area contributed by atoms with Crippen LogP contribution in [0.15, 0.2) is 70.8 Å². The van der Waals surface area contributed by atoms with Gasteiger partial charge in [-0.15, -0.1) is 28.6 Å². The van der Waals surface area contributed by atoms with Gasteiger partial charge in [-0.1, -0.05) is 36.4 Å². The van der Waals surface area contributed by atoms with Crippen molar-refractivity contribution in [3.05, 3.63) is 80.5 Å². The van der Waals surface area contributed by atoms with Crippen LogP contribution < -0.4 is 0 Å². The lowest BCUT2D eigenvalue weighted by Gasteiger charge is -2.13. The largest absolute Gasteiger partial charge is 0.478 e. The van der Waals surface area contributed by atoms with Crippen LogP contribution in [0.2, 0.25) is 0 Å². The molecule has 5 heteroatoms. The summed E-state index contributed by atoms with van der Waals surface area (Å²) >= 11 is 3.16. The molecule has 0 saturated heterocycles. The summed E-state index contributed by atoms with van der Waals surface area (Å²) in [6.07, 6.45) is 7.66. The third kappa shape index (κ3) is 3.05. The van der Waals surface area contributed by atoms with Crippen LogP contribution in [0.5, 0.6) is 0 Å². The molecule has 0 amide bonds. The monoisotopic (exact) mass is 323 g/mol. The Morgan fingerprint density at radius 2 is 1.73 bits per heavy atom. The first-order chi connectivity index (χ1) is 10.8. The molecule has 0 bridgehead atoms. The van der Waals surface area contributed by atoms with Gasteiger partial charge < -0.3 is 5.11 Å². The first-order valence-electron chi connectivity index (χ1n) is 6.71. The van der Waals surface area contributed by atoms with Crippen molar-refractivity contribution in [1.29, 1.82) is 0 Å². The molecule has 3 heterocycles. The van der Waals surface area contributed by atoms with Crippen molar-refractivity contribution < 1.29 is 9.90 Å². The Bertz CT molecular complexity index is 779. The van der Waals surface area contributed by atoms with Gasteiger partial charge in [0.1, 0.15) is 0 Å². The minimum atomic E-state index is -0.919. The van der Waals surface area contributed by atoms with Crippen LogP contribution in [0.25, 0.3) is 11.1 Å². The second kappa shape index (κ2) is 6.77. The third-order valence-corrected chi connectivity index (χ3v) is 4.97. The minimum Gasteiger partial charge on any atom is -0.478 e. The van der Waals surface area contributed by atoms with Crippen molar-refractivity contribution in [2.45, 2.75) is 0 Å². The molecule has 0 atom stereocenters. The topological polar surface area (TPSA) is 37.3 Å². The molecule has 1 N–H and O–H groups in total. The maximum atomic E-state index is 11.8. The van der Waals surface area contributed by atoms with E-state index in [1.54, 1.807) is 35.9 Å². The molecule has 0 aliphatic carbocycles. The molecule has 1 aliphatic heterocycles. The zero-order valence-corrected chi connectivity index (χ0v) is 13.2. The van der Waals surface area contributed by atoms with E-state index >= 15 is 0 Å². The fourth-order valence-electron chi connectivity index (χ4n) is 2.25. The fourth-order valence-corrected chi connectivity index (χ4v) is 3.80. The lowest BCUT2D eigenvalue weighted by Crippen LogP contribution is -2.10. The SMILES string of the molecule is O=C(O)/C1=C(c2cccs2)/C(c2cccs2)=C\C=C/C=C\[B]1. The smallest absolute Gasteiger partial charge is 0.322 e. The Kier molecular flexibility index (Phi) is 4.56. The maximum absolute atomic E-state index is 11.8. The average Bonchev–Trinajstić information content (AvgIpc) is 3.20. The van der Waals surface area contributed by atoms with E-state index in [9.17, 15) is 9.90 Å². The number of carboxylic acids is 1. The lowest BCUT2D eigenvalue weighted by molar-refractivity contribution is -0.131. The van der Waals surface area contributed by atoms with E-state index < -0.39 is 5.97 Å². The molecule has 0 fully saturated rings. The first kappa shape index (κ1) is 14.8. The number of hydrogen-bond donors (Lipinski definition) is 1. The highest BCUT2D eigenvalue weighted by Crippen LogP contribution is 2.38.